The van der Waals surface area contributed by atoms with Crippen molar-refractivity contribution in [3.05, 3.63) is 21.4 Å². The summed E-state index contributed by atoms with van der Waals surface area (Å²) in [6, 6.07) is 2.16. The Bertz CT molecular complexity index is 311. The van der Waals surface area contributed by atoms with Crippen LogP contribution in [0.2, 0.25) is 0 Å². The molecule has 1 atom stereocenters. The van der Waals surface area contributed by atoms with E-state index in [4.69, 9.17) is 0 Å². The van der Waals surface area contributed by atoms with Gasteiger partial charge in [0, 0.05) is 9.75 Å². The predicted octanol–water partition coefficient (Wildman–Crippen LogP) is 4.61. The lowest BCUT2D eigenvalue weighted by atomic mass is 9.88. The SMILES string of the molecule is CCCC(CCC)C(O)c1cc(C)sc1C. The molecule has 1 nitrogen and oxygen atoms in total. The Morgan fingerprint density at radius 3 is 2.12 bits per heavy atom. The summed E-state index contributed by atoms with van der Waals surface area (Å²) in [7, 11) is 0. The predicted molar refractivity (Wildman–Crippen MR) is 72.1 cm³/mol. The second-order valence-corrected chi connectivity index (χ2v) is 6.11. The topological polar surface area (TPSA) is 20.2 Å². The Morgan fingerprint density at radius 2 is 1.75 bits per heavy atom. The van der Waals surface area contributed by atoms with Crippen LogP contribution in [0.1, 0.15) is 61.0 Å². The maximum absolute atomic E-state index is 10.4. The monoisotopic (exact) mass is 240 g/mol. The number of aliphatic hydroxyl groups is 1. The van der Waals surface area contributed by atoms with E-state index in [0.717, 1.165) is 31.2 Å². The average molecular weight is 240 g/mol. The lowest BCUT2D eigenvalue weighted by Crippen LogP contribution is -2.12. The van der Waals surface area contributed by atoms with Crippen molar-refractivity contribution in [2.45, 2.75) is 59.5 Å². The van der Waals surface area contributed by atoms with Crippen LogP contribution in [0.3, 0.4) is 0 Å². The molecule has 0 spiro atoms. The molecule has 1 unspecified atom stereocenters. The Morgan fingerprint density at radius 1 is 1.19 bits per heavy atom. The van der Waals surface area contributed by atoms with E-state index in [-0.39, 0.29) is 6.10 Å². The summed E-state index contributed by atoms with van der Waals surface area (Å²) in [5.74, 6) is 0.433. The van der Waals surface area contributed by atoms with E-state index in [1.165, 1.54) is 9.75 Å². The van der Waals surface area contributed by atoms with Crippen LogP contribution in [-0.4, -0.2) is 5.11 Å². The zero-order valence-corrected chi connectivity index (χ0v) is 11.7. The van der Waals surface area contributed by atoms with Crippen molar-refractivity contribution in [2.24, 2.45) is 5.92 Å². The van der Waals surface area contributed by atoms with Crippen molar-refractivity contribution in [2.75, 3.05) is 0 Å². The van der Waals surface area contributed by atoms with E-state index in [2.05, 4.69) is 33.8 Å². The Hall–Kier alpha value is -0.340. The fourth-order valence-corrected chi connectivity index (χ4v) is 3.37. The highest BCUT2D eigenvalue weighted by Crippen LogP contribution is 2.34. The van der Waals surface area contributed by atoms with Gasteiger partial charge in [-0.1, -0.05) is 26.7 Å². The number of aliphatic hydroxyl groups excluding tert-OH is 1. The molecule has 2 heteroatoms. The first-order chi connectivity index (χ1) is 7.60. The minimum atomic E-state index is -0.259. The van der Waals surface area contributed by atoms with Crippen molar-refractivity contribution in [1.82, 2.24) is 0 Å². The molecule has 0 bridgehead atoms. The van der Waals surface area contributed by atoms with Gasteiger partial charge in [0.1, 0.15) is 0 Å². The van der Waals surface area contributed by atoms with Gasteiger partial charge in [0.05, 0.1) is 6.10 Å². The Kier molecular flexibility index (Phi) is 5.50. The number of rotatable bonds is 6. The molecule has 0 aromatic carbocycles. The van der Waals surface area contributed by atoms with Crippen LogP contribution in [0.25, 0.3) is 0 Å². The second-order valence-electron chi connectivity index (χ2n) is 4.65. The van der Waals surface area contributed by atoms with E-state index in [1.807, 2.05) is 0 Å². The van der Waals surface area contributed by atoms with Gasteiger partial charge in [0.15, 0.2) is 0 Å². The molecule has 0 amide bonds. The fraction of sp³-hybridized carbons (Fsp3) is 0.714. The first kappa shape index (κ1) is 13.7. The van der Waals surface area contributed by atoms with Gasteiger partial charge >= 0.3 is 0 Å². The molecular formula is C14H24OS. The molecule has 0 saturated heterocycles. The largest absolute Gasteiger partial charge is 0.388 e. The minimum absolute atomic E-state index is 0.259. The van der Waals surface area contributed by atoms with Gasteiger partial charge in [-0.25, -0.2) is 0 Å². The summed E-state index contributed by atoms with van der Waals surface area (Å²) >= 11 is 1.79. The normalized spacial score (nSPS) is 13.4. The van der Waals surface area contributed by atoms with Crippen LogP contribution >= 0.6 is 11.3 Å². The van der Waals surface area contributed by atoms with Crippen LogP contribution in [0.15, 0.2) is 6.07 Å². The van der Waals surface area contributed by atoms with E-state index >= 15 is 0 Å². The maximum Gasteiger partial charge on any atom is 0.0828 e. The minimum Gasteiger partial charge on any atom is -0.388 e. The summed E-state index contributed by atoms with van der Waals surface area (Å²) < 4.78 is 0. The molecular weight excluding hydrogens is 216 g/mol. The van der Waals surface area contributed by atoms with Gasteiger partial charge in [0.25, 0.3) is 0 Å². The molecule has 1 rings (SSSR count). The molecule has 1 aromatic heterocycles. The quantitative estimate of drug-likeness (QED) is 0.769. The first-order valence-corrected chi connectivity index (χ1v) is 7.16. The maximum atomic E-state index is 10.4. The molecule has 0 fully saturated rings. The van der Waals surface area contributed by atoms with E-state index in [0.29, 0.717) is 5.92 Å². The molecule has 0 saturated carbocycles. The summed E-state index contributed by atoms with van der Waals surface area (Å²) in [5, 5.41) is 10.4. The molecule has 0 radical (unpaired) electrons. The summed E-state index contributed by atoms with van der Waals surface area (Å²) in [6.07, 6.45) is 4.31. The number of hydrogen-bond donors (Lipinski definition) is 1. The van der Waals surface area contributed by atoms with Gasteiger partial charge in [-0.2, -0.15) is 0 Å². The highest BCUT2D eigenvalue weighted by atomic mass is 32.1. The van der Waals surface area contributed by atoms with Crippen LogP contribution in [0, 0.1) is 19.8 Å². The third-order valence-corrected chi connectivity index (χ3v) is 4.15. The fourth-order valence-electron chi connectivity index (χ4n) is 2.40. The smallest absolute Gasteiger partial charge is 0.0828 e. The van der Waals surface area contributed by atoms with Crippen molar-refractivity contribution >= 4 is 11.3 Å². The van der Waals surface area contributed by atoms with Gasteiger partial charge in [-0.05, 0) is 44.2 Å². The van der Waals surface area contributed by atoms with Gasteiger partial charge in [-0.15, -0.1) is 11.3 Å². The standard InChI is InChI=1S/C14H24OS/c1-5-7-12(8-6-2)14(15)13-9-10(3)16-11(13)4/h9,12,14-15H,5-8H2,1-4H3. The van der Waals surface area contributed by atoms with Crippen molar-refractivity contribution in [3.63, 3.8) is 0 Å². The third kappa shape index (κ3) is 3.33. The van der Waals surface area contributed by atoms with E-state index in [1.54, 1.807) is 11.3 Å². The molecule has 1 heterocycles. The van der Waals surface area contributed by atoms with Gasteiger partial charge in [-0.3, -0.25) is 0 Å². The molecule has 0 aliphatic carbocycles. The highest BCUT2D eigenvalue weighted by Gasteiger charge is 2.22. The Labute approximate surface area is 104 Å². The molecule has 0 aliphatic heterocycles. The van der Waals surface area contributed by atoms with E-state index in [9.17, 15) is 5.11 Å². The average Bonchev–Trinajstić information content (AvgIpc) is 2.56. The lowest BCUT2D eigenvalue weighted by molar-refractivity contribution is 0.0963. The number of hydrogen-bond acceptors (Lipinski definition) is 2. The van der Waals surface area contributed by atoms with Crippen LogP contribution in [0.5, 0.6) is 0 Å². The van der Waals surface area contributed by atoms with Crippen molar-refractivity contribution < 1.29 is 5.11 Å². The summed E-state index contributed by atoms with van der Waals surface area (Å²) in [4.78, 5) is 2.58. The molecule has 1 aromatic rings. The lowest BCUT2D eigenvalue weighted by Gasteiger charge is -2.22. The van der Waals surface area contributed by atoms with Crippen LogP contribution in [-0.2, 0) is 0 Å². The molecule has 92 valence electrons. The number of aryl methyl sites for hydroxylation is 2. The second kappa shape index (κ2) is 6.41. The Balaban J connectivity index is 2.80. The highest BCUT2D eigenvalue weighted by molar-refractivity contribution is 7.12. The summed E-state index contributed by atoms with van der Waals surface area (Å²) in [6.45, 7) is 8.62. The number of thiophene rings is 1. The molecule has 0 aliphatic rings. The molecule has 16 heavy (non-hydrogen) atoms. The zero-order chi connectivity index (χ0) is 12.1. The van der Waals surface area contributed by atoms with Crippen molar-refractivity contribution in [3.8, 4) is 0 Å². The summed E-state index contributed by atoms with van der Waals surface area (Å²) in [5.41, 5.74) is 1.16. The van der Waals surface area contributed by atoms with Crippen molar-refractivity contribution in [1.29, 1.82) is 0 Å². The first-order valence-electron chi connectivity index (χ1n) is 6.35. The van der Waals surface area contributed by atoms with Crippen LogP contribution in [0.4, 0.5) is 0 Å². The zero-order valence-electron chi connectivity index (χ0n) is 10.9. The van der Waals surface area contributed by atoms with Crippen LogP contribution < -0.4 is 0 Å². The van der Waals surface area contributed by atoms with Gasteiger partial charge < -0.3 is 5.11 Å². The molecule has 1 N–H and O–H groups in total. The van der Waals surface area contributed by atoms with Gasteiger partial charge in [0.2, 0.25) is 0 Å². The third-order valence-electron chi connectivity index (χ3n) is 3.16. The van der Waals surface area contributed by atoms with E-state index < -0.39 is 0 Å².